The maximum Gasteiger partial charge on any atom is 0.269 e. The normalized spacial score (nSPS) is 11.7. The Morgan fingerprint density at radius 3 is 2.92 bits per heavy atom. The Morgan fingerprint density at radius 1 is 1.48 bits per heavy atom. The largest absolute Gasteiger partial charge is 0.337 e. The second-order valence-corrected chi connectivity index (χ2v) is 8.15. The number of H-pyrrole nitrogens is 1. The van der Waals surface area contributed by atoms with Crippen LogP contribution in [0.15, 0.2) is 35.3 Å². The first-order valence-electron chi connectivity index (χ1n) is 7.47. The van der Waals surface area contributed by atoms with Crippen LogP contribution in [0.2, 0.25) is 0 Å². The molecule has 1 N–H and O–H groups in total. The fourth-order valence-corrected chi connectivity index (χ4v) is 4.15. The van der Waals surface area contributed by atoms with E-state index < -0.39 is 0 Å². The quantitative estimate of drug-likeness (QED) is 0.398. The van der Waals surface area contributed by atoms with Crippen LogP contribution in [-0.2, 0) is 4.79 Å². The number of rotatable bonds is 4. The maximum absolute atomic E-state index is 13.0. The van der Waals surface area contributed by atoms with Gasteiger partial charge in [0.15, 0.2) is 3.95 Å². The molecule has 0 aliphatic heterocycles. The molecule has 0 aliphatic rings. The topological polar surface area (TPSA) is 72.8 Å². The Morgan fingerprint density at radius 2 is 2.28 bits per heavy atom. The molecule has 25 heavy (non-hydrogen) atoms. The number of nitrogens with one attached hydrogen (secondary N) is 1. The van der Waals surface area contributed by atoms with E-state index >= 15 is 0 Å². The summed E-state index contributed by atoms with van der Waals surface area (Å²) in [4.78, 5) is 21.8. The van der Waals surface area contributed by atoms with Gasteiger partial charge in [-0.25, -0.2) is 4.98 Å². The van der Waals surface area contributed by atoms with E-state index in [1.54, 1.807) is 16.5 Å². The van der Waals surface area contributed by atoms with Crippen LogP contribution in [0.25, 0.3) is 16.3 Å². The molecule has 0 saturated carbocycles. The van der Waals surface area contributed by atoms with Crippen LogP contribution in [0.1, 0.15) is 18.9 Å². The van der Waals surface area contributed by atoms with Crippen molar-refractivity contribution in [2.45, 2.75) is 19.9 Å². The molecule has 0 atom stereocenters. The molecule has 5 nitrogen and oxygen atoms in total. The standard InChI is InChI=1S/C17H14N4OS3/c1-10(2)21(12-3-4-13-14(8-12)25-17(23)20-13)16(22)11(9-18)7-15-19-5-6-24-15/h3-8,10H,1-2H3,(H,20,23)/b11-7-. The van der Waals surface area contributed by atoms with Crippen LogP contribution in [0.5, 0.6) is 0 Å². The van der Waals surface area contributed by atoms with E-state index in [2.05, 4.69) is 9.97 Å². The van der Waals surface area contributed by atoms with Gasteiger partial charge in [0.1, 0.15) is 16.6 Å². The van der Waals surface area contributed by atoms with Crippen molar-refractivity contribution in [1.29, 1.82) is 5.26 Å². The first-order chi connectivity index (χ1) is 12.0. The average molecular weight is 387 g/mol. The van der Waals surface area contributed by atoms with Crippen molar-refractivity contribution in [2.24, 2.45) is 0 Å². The van der Waals surface area contributed by atoms with Crippen LogP contribution < -0.4 is 4.90 Å². The van der Waals surface area contributed by atoms with E-state index in [9.17, 15) is 10.1 Å². The highest BCUT2D eigenvalue weighted by atomic mass is 32.1. The Balaban J connectivity index is 2.03. The molecule has 3 aromatic rings. The summed E-state index contributed by atoms with van der Waals surface area (Å²) >= 11 is 8.01. The molecule has 0 unspecified atom stereocenters. The number of aromatic amines is 1. The zero-order valence-electron chi connectivity index (χ0n) is 13.5. The second-order valence-electron chi connectivity index (χ2n) is 5.50. The summed E-state index contributed by atoms with van der Waals surface area (Å²) in [5.41, 5.74) is 1.73. The van der Waals surface area contributed by atoms with Crippen molar-refractivity contribution in [3.63, 3.8) is 0 Å². The number of carbonyl (C=O) groups excluding carboxylic acids is 1. The molecule has 0 bridgehead atoms. The Hall–Kier alpha value is -2.34. The molecule has 1 amide bonds. The Labute approximate surface area is 157 Å². The highest BCUT2D eigenvalue weighted by Gasteiger charge is 2.23. The van der Waals surface area contributed by atoms with Crippen molar-refractivity contribution in [3.8, 4) is 6.07 Å². The van der Waals surface area contributed by atoms with Gasteiger partial charge in [0.2, 0.25) is 0 Å². The van der Waals surface area contributed by atoms with Gasteiger partial charge in [-0.15, -0.1) is 22.7 Å². The van der Waals surface area contributed by atoms with Crippen molar-refractivity contribution in [2.75, 3.05) is 4.90 Å². The van der Waals surface area contributed by atoms with Crippen molar-refractivity contribution in [1.82, 2.24) is 9.97 Å². The lowest BCUT2D eigenvalue weighted by atomic mass is 10.1. The second kappa shape index (κ2) is 7.27. The molecule has 1 aromatic carbocycles. The van der Waals surface area contributed by atoms with E-state index in [4.69, 9.17) is 12.2 Å². The Bertz CT molecular complexity index is 1040. The first-order valence-corrected chi connectivity index (χ1v) is 9.57. The number of thiazole rings is 2. The minimum absolute atomic E-state index is 0.0606. The van der Waals surface area contributed by atoms with Gasteiger partial charge in [-0.2, -0.15) is 5.26 Å². The fourth-order valence-electron chi connectivity index (χ4n) is 2.43. The summed E-state index contributed by atoms with van der Waals surface area (Å²) in [6.07, 6.45) is 3.17. The summed E-state index contributed by atoms with van der Waals surface area (Å²) in [5.74, 6) is -0.341. The maximum atomic E-state index is 13.0. The van der Waals surface area contributed by atoms with Gasteiger partial charge in [0.25, 0.3) is 5.91 Å². The SMILES string of the molecule is CC(C)N(C(=O)/C(C#N)=C\c1nccs1)c1ccc2[nH]c(=S)sc2c1. The summed E-state index contributed by atoms with van der Waals surface area (Å²) in [7, 11) is 0. The van der Waals surface area contributed by atoms with Crippen molar-refractivity contribution < 1.29 is 4.79 Å². The number of hydrogen-bond acceptors (Lipinski definition) is 6. The predicted octanol–water partition coefficient (Wildman–Crippen LogP) is 4.76. The van der Waals surface area contributed by atoms with Crippen LogP contribution in [0.3, 0.4) is 0 Å². The molecule has 0 saturated heterocycles. The Kier molecular flexibility index (Phi) is 5.08. The number of benzene rings is 1. The van der Waals surface area contributed by atoms with E-state index in [1.165, 1.54) is 28.7 Å². The van der Waals surface area contributed by atoms with Gasteiger partial charge in [-0.3, -0.25) is 4.79 Å². The summed E-state index contributed by atoms with van der Waals surface area (Å²) < 4.78 is 1.67. The smallest absolute Gasteiger partial charge is 0.269 e. The summed E-state index contributed by atoms with van der Waals surface area (Å²) in [6.45, 7) is 3.83. The lowest BCUT2D eigenvalue weighted by molar-refractivity contribution is -0.115. The van der Waals surface area contributed by atoms with Crippen LogP contribution in [0.4, 0.5) is 5.69 Å². The summed E-state index contributed by atoms with van der Waals surface area (Å²) in [5, 5.41) is 11.9. The summed E-state index contributed by atoms with van der Waals surface area (Å²) in [6, 6.07) is 7.57. The van der Waals surface area contributed by atoms with Crippen molar-refractivity contribution >= 4 is 62.8 Å². The van der Waals surface area contributed by atoms with Gasteiger partial charge < -0.3 is 9.88 Å². The molecule has 0 spiro atoms. The number of carbonyl (C=O) groups is 1. The molecule has 0 aliphatic carbocycles. The molecule has 126 valence electrons. The molecule has 3 rings (SSSR count). The third-order valence-electron chi connectivity index (χ3n) is 3.49. The van der Waals surface area contributed by atoms with Crippen LogP contribution in [-0.4, -0.2) is 21.9 Å². The van der Waals surface area contributed by atoms with Gasteiger partial charge in [-0.1, -0.05) is 0 Å². The molecule has 2 aromatic heterocycles. The zero-order valence-corrected chi connectivity index (χ0v) is 16.0. The predicted molar refractivity (Wildman–Crippen MR) is 105 cm³/mol. The van der Waals surface area contributed by atoms with E-state index in [0.717, 1.165) is 15.9 Å². The lowest BCUT2D eigenvalue weighted by Crippen LogP contribution is -2.37. The minimum Gasteiger partial charge on any atom is -0.337 e. The van der Waals surface area contributed by atoms with Crippen LogP contribution >= 0.6 is 34.9 Å². The van der Waals surface area contributed by atoms with Gasteiger partial charge in [-0.05, 0) is 50.3 Å². The highest BCUT2D eigenvalue weighted by Crippen LogP contribution is 2.28. The number of hydrogen-bond donors (Lipinski definition) is 1. The number of nitriles is 1. The molecule has 0 fully saturated rings. The van der Waals surface area contributed by atoms with Gasteiger partial charge in [0.05, 0.1) is 10.2 Å². The first kappa shape index (κ1) is 17.5. The van der Waals surface area contributed by atoms with Crippen molar-refractivity contribution in [3.05, 3.63) is 44.3 Å². The highest BCUT2D eigenvalue weighted by molar-refractivity contribution is 7.73. The van der Waals surface area contributed by atoms with E-state index in [0.29, 0.717) is 8.96 Å². The number of fused-ring (bicyclic) bond motifs is 1. The van der Waals surface area contributed by atoms with Crippen LogP contribution in [0, 0.1) is 15.3 Å². The molecular weight excluding hydrogens is 372 g/mol. The molecular formula is C17H14N4OS3. The third-order valence-corrected chi connectivity index (χ3v) is 5.41. The fraction of sp³-hybridized carbons (Fsp3) is 0.176. The third kappa shape index (κ3) is 3.69. The number of amides is 1. The molecule has 2 heterocycles. The molecule has 8 heteroatoms. The number of anilines is 1. The van der Waals surface area contributed by atoms with E-state index in [-0.39, 0.29) is 17.5 Å². The van der Waals surface area contributed by atoms with E-state index in [1.807, 2.05) is 38.1 Å². The lowest BCUT2D eigenvalue weighted by Gasteiger charge is -2.26. The number of nitrogens with zero attached hydrogens (tertiary/aromatic N) is 3. The zero-order chi connectivity index (χ0) is 18.0. The average Bonchev–Trinajstić information content (AvgIpc) is 3.20. The minimum atomic E-state index is -0.341. The van der Waals surface area contributed by atoms with Gasteiger partial charge >= 0.3 is 0 Å². The monoisotopic (exact) mass is 386 g/mol. The number of aromatic nitrogens is 2. The molecule has 0 radical (unpaired) electrons. The van der Waals surface area contributed by atoms with Gasteiger partial charge in [0, 0.05) is 23.3 Å².